The Hall–Kier alpha value is -0.350. The van der Waals surface area contributed by atoms with Gasteiger partial charge in [0.05, 0.1) is 0 Å². The Morgan fingerprint density at radius 2 is 0.893 bits per heavy atom. The molecule has 0 amide bonds. The van der Waals surface area contributed by atoms with E-state index in [4.69, 9.17) is 0 Å². The zero-order valence-corrected chi connectivity index (χ0v) is 19.7. The zero-order valence-electron chi connectivity index (χ0n) is 18.9. The second-order valence-electron chi connectivity index (χ2n) is 8.33. The standard InChI is InChI=1S/C24H49NO2S/c1-2-3-4-5-6-7-10-13-16-19-22-25-23-20-17-14-11-8-9-12-15-18-21-24-28(26)27/h24-25H,2-23H2,1H3. The highest BCUT2D eigenvalue weighted by Crippen LogP contribution is 2.11. The Bertz CT molecular complexity index is 412. The van der Waals surface area contributed by atoms with E-state index in [-0.39, 0.29) is 0 Å². The summed E-state index contributed by atoms with van der Waals surface area (Å²) in [4.78, 5) is 0. The lowest BCUT2D eigenvalue weighted by molar-refractivity contribution is 0.526. The van der Waals surface area contributed by atoms with Crippen LogP contribution in [0.15, 0.2) is 0 Å². The van der Waals surface area contributed by atoms with Crippen LogP contribution in [0.1, 0.15) is 135 Å². The molecule has 0 aliphatic heterocycles. The first-order valence-electron chi connectivity index (χ1n) is 12.4. The van der Waals surface area contributed by atoms with E-state index in [9.17, 15) is 8.42 Å². The summed E-state index contributed by atoms with van der Waals surface area (Å²) in [6.45, 7) is 4.68. The lowest BCUT2D eigenvalue weighted by Gasteiger charge is -2.05. The van der Waals surface area contributed by atoms with Crippen molar-refractivity contribution in [2.24, 2.45) is 0 Å². The van der Waals surface area contributed by atoms with E-state index < -0.39 is 10.3 Å². The molecule has 0 aliphatic carbocycles. The van der Waals surface area contributed by atoms with E-state index in [2.05, 4.69) is 12.2 Å². The zero-order chi connectivity index (χ0) is 20.5. The van der Waals surface area contributed by atoms with Crippen LogP contribution in [0.5, 0.6) is 0 Å². The third-order valence-electron chi connectivity index (χ3n) is 5.52. The van der Waals surface area contributed by atoms with Gasteiger partial charge in [-0.3, -0.25) is 0 Å². The Morgan fingerprint density at radius 1 is 0.536 bits per heavy atom. The van der Waals surface area contributed by atoms with Crippen LogP contribution in [-0.2, 0) is 10.3 Å². The van der Waals surface area contributed by atoms with Crippen molar-refractivity contribution in [1.82, 2.24) is 5.32 Å². The molecule has 28 heavy (non-hydrogen) atoms. The Morgan fingerprint density at radius 3 is 1.29 bits per heavy atom. The van der Waals surface area contributed by atoms with Gasteiger partial charge in [0.25, 0.3) is 0 Å². The fraction of sp³-hybridized carbons (Fsp3) is 0.958. The Kier molecular flexibility index (Phi) is 24.4. The molecule has 0 aliphatic rings. The molecule has 0 saturated heterocycles. The molecule has 0 unspecified atom stereocenters. The first-order valence-corrected chi connectivity index (χ1v) is 13.5. The minimum absolute atomic E-state index is 0.711. The summed E-state index contributed by atoms with van der Waals surface area (Å²) in [5, 5.41) is 4.98. The molecule has 168 valence electrons. The Balaban J connectivity index is 3.02. The molecule has 0 rings (SSSR count). The lowest BCUT2D eigenvalue weighted by atomic mass is 10.1. The molecule has 4 heteroatoms. The third-order valence-corrected chi connectivity index (χ3v) is 6.03. The van der Waals surface area contributed by atoms with Crippen molar-refractivity contribution < 1.29 is 8.42 Å². The first-order chi connectivity index (χ1) is 13.8. The molecule has 0 fully saturated rings. The largest absolute Gasteiger partial charge is 0.317 e. The molecule has 1 N–H and O–H groups in total. The first kappa shape index (κ1) is 27.6. The lowest BCUT2D eigenvalue weighted by Crippen LogP contribution is -2.16. The van der Waals surface area contributed by atoms with Gasteiger partial charge in [-0.1, -0.05) is 110 Å². The summed E-state index contributed by atoms with van der Waals surface area (Å²) in [6, 6.07) is 0. The van der Waals surface area contributed by atoms with Crippen LogP contribution in [0.2, 0.25) is 0 Å². The van der Waals surface area contributed by atoms with Crippen LogP contribution in [0, 0.1) is 0 Å². The highest BCUT2D eigenvalue weighted by molar-refractivity contribution is 7.71. The second kappa shape index (κ2) is 24.7. The van der Waals surface area contributed by atoms with E-state index in [1.54, 1.807) is 0 Å². The maximum absolute atomic E-state index is 10.4. The molecule has 0 spiro atoms. The minimum atomic E-state index is -1.97. The SMILES string of the molecule is CCCCCCCCCCCCNCCCCCCCCCCCC=S(=O)=O. The van der Waals surface area contributed by atoms with Crippen molar-refractivity contribution in [2.45, 2.75) is 135 Å². The molecule has 0 saturated carbocycles. The van der Waals surface area contributed by atoms with Crippen LogP contribution in [0.3, 0.4) is 0 Å². The predicted molar refractivity (Wildman–Crippen MR) is 126 cm³/mol. The molecule has 0 aromatic rings. The van der Waals surface area contributed by atoms with Crippen molar-refractivity contribution in [3.8, 4) is 0 Å². The van der Waals surface area contributed by atoms with Gasteiger partial charge in [0.15, 0.2) is 0 Å². The summed E-state index contributed by atoms with van der Waals surface area (Å²) in [6.07, 6.45) is 26.3. The molecule has 0 aromatic carbocycles. The smallest absolute Gasteiger partial charge is 0.209 e. The van der Waals surface area contributed by atoms with E-state index in [1.807, 2.05) is 0 Å². The van der Waals surface area contributed by atoms with Gasteiger partial charge in [0, 0.05) is 5.37 Å². The van der Waals surface area contributed by atoms with E-state index in [0.717, 1.165) is 12.8 Å². The van der Waals surface area contributed by atoms with Crippen LogP contribution in [-0.4, -0.2) is 26.9 Å². The van der Waals surface area contributed by atoms with Gasteiger partial charge in [0.2, 0.25) is 10.3 Å². The summed E-state index contributed by atoms with van der Waals surface area (Å²) in [5.74, 6) is 0. The molecule has 0 radical (unpaired) electrons. The Labute approximate surface area is 178 Å². The second-order valence-corrected chi connectivity index (χ2v) is 9.18. The van der Waals surface area contributed by atoms with Crippen molar-refractivity contribution in [3.63, 3.8) is 0 Å². The van der Waals surface area contributed by atoms with Crippen LogP contribution >= 0.6 is 0 Å². The maximum Gasteiger partial charge on any atom is 0.209 e. The van der Waals surface area contributed by atoms with E-state index >= 15 is 0 Å². The average Bonchev–Trinajstić information content (AvgIpc) is 2.68. The van der Waals surface area contributed by atoms with Crippen LogP contribution < -0.4 is 5.32 Å². The molecule has 0 atom stereocenters. The summed E-state index contributed by atoms with van der Waals surface area (Å²) >= 11 is 0. The molecular weight excluding hydrogens is 366 g/mol. The summed E-state index contributed by atoms with van der Waals surface area (Å²) in [7, 11) is -1.97. The van der Waals surface area contributed by atoms with E-state index in [1.165, 1.54) is 128 Å². The summed E-state index contributed by atoms with van der Waals surface area (Å²) < 4.78 is 20.7. The van der Waals surface area contributed by atoms with Crippen molar-refractivity contribution in [1.29, 1.82) is 0 Å². The fourth-order valence-corrected chi connectivity index (χ4v) is 4.03. The van der Waals surface area contributed by atoms with Gasteiger partial charge in [-0.2, -0.15) is 8.42 Å². The average molecular weight is 416 g/mol. The van der Waals surface area contributed by atoms with Crippen molar-refractivity contribution in [2.75, 3.05) is 13.1 Å². The highest BCUT2D eigenvalue weighted by atomic mass is 32.2. The van der Waals surface area contributed by atoms with Gasteiger partial charge in [0.1, 0.15) is 0 Å². The van der Waals surface area contributed by atoms with Gasteiger partial charge < -0.3 is 5.32 Å². The molecule has 0 aromatic heterocycles. The topological polar surface area (TPSA) is 46.2 Å². The monoisotopic (exact) mass is 415 g/mol. The fourth-order valence-electron chi connectivity index (χ4n) is 3.67. The molecular formula is C24H49NO2S. The highest BCUT2D eigenvalue weighted by Gasteiger charge is 1.95. The van der Waals surface area contributed by atoms with Gasteiger partial charge >= 0.3 is 0 Å². The van der Waals surface area contributed by atoms with Crippen LogP contribution in [0.4, 0.5) is 0 Å². The van der Waals surface area contributed by atoms with Crippen molar-refractivity contribution >= 4 is 15.7 Å². The van der Waals surface area contributed by atoms with Gasteiger partial charge in [-0.25, -0.2) is 0 Å². The normalized spacial score (nSPS) is 11.0. The van der Waals surface area contributed by atoms with Gasteiger partial charge in [-0.05, 0) is 38.8 Å². The maximum atomic E-state index is 10.4. The summed E-state index contributed by atoms with van der Waals surface area (Å²) in [5.41, 5.74) is 0. The van der Waals surface area contributed by atoms with Gasteiger partial charge in [-0.15, -0.1) is 0 Å². The molecule has 0 bridgehead atoms. The molecule has 3 nitrogen and oxygen atoms in total. The number of hydrogen-bond acceptors (Lipinski definition) is 3. The number of rotatable bonds is 23. The van der Waals surface area contributed by atoms with Crippen LogP contribution in [0.25, 0.3) is 0 Å². The van der Waals surface area contributed by atoms with E-state index in [0.29, 0.717) is 6.42 Å². The third kappa shape index (κ3) is 25.6. The number of unbranched alkanes of at least 4 members (excludes halogenated alkanes) is 18. The predicted octanol–water partition coefficient (Wildman–Crippen LogP) is 7.08. The van der Waals surface area contributed by atoms with Crippen molar-refractivity contribution in [3.05, 3.63) is 0 Å². The minimum Gasteiger partial charge on any atom is -0.317 e. The molecule has 0 heterocycles. The number of hydrogen-bond donors (Lipinski definition) is 1. The number of nitrogens with one attached hydrogen (secondary N) is 1. The quantitative estimate of drug-likeness (QED) is 0.143.